The minimum Gasteiger partial charge on any atom is -0.463 e. The molecule has 0 bridgehead atoms. The molecule has 4 heterocycles. The quantitative estimate of drug-likeness (QED) is 0.351. The number of aromatic nitrogens is 3. The second kappa shape index (κ2) is 6.49. The minimum atomic E-state index is 0.305. The number of hydrogen-bond donors (Lipinski definition) is 3. The summed E-state index contributed by atoms with van der Waals surface area (Å²) in [5.41, 5.74) is 9.51. The smallest absolute Gasteiger partial charge is 0.165 e. The van der Waals surface area contributed by atoms with Gasteiger partial charge in [0.1, 0.15) is 17.8 Å². The largest absolute Gasteiger partial charge is 0.463 e. The molecule has 4 N–H and O–H groups in total. The molecule has 0 aliphatic carbocycles. The average molecular weight is 405 g/mol. The summed E-state index contributed by atoms with van der Waals surface area (Å²) >= 11 is 3.59. The van der Waals surface area contributed by atoms with Gasteiger partial charge in [0.15, 0.2) is 5.65 Å². The molecule has 1 fully saturated rings. The van der Waals surface area contributed by atoms with Gasteiger partial charge in [-0.25, -0.2) is 4.98 Å². The Morgan fingerprint density at radius 3 is 3.16 bits per heavy atom. The Morgan fingerprint density at radius 1 is 1.52 bits per heavy atom. The van der Waals surface area contributed by atoms with Crippen molar-refractivity contribution < 1.29 is 9.62 Å². The molecule has 1 atom stereocenters. The van der Waals surface area contributed by atoms with Crippen LogP contribution in [0.25, 0.3) is 16.8 Å². The summed E-state index contributed by atoms with van der Waals surface area (Å²) in [4.78, 5) is 4.86. The molecule has 130 valence electrons. The highest BCUT2D eigenvalue weighted by Crippen LogP contribution is 2.35. The van der Waals surface area contributed by atoms with E-state index in [2.05, 4.69) is 31.5 Å². The number of hydrogen-bond acceptors (Lipinski definition) is 7. The van der Waals surface area contributed by atoms with Crippen LogP contribution in [0.3, 0.4) is 0 Å². The highest BCUT2D eigenvalue weighted by atomic mass is 79.9. The Balaban J connectivity index is 1.84. The van der Waals surface area contributed by atoms with Gasteiger partial charge in [0.2, 0.25) is 0 Å². The standard InChI is InChI=1S/C16H17BrN6O2/c17-13-14(9-2-1-3-19-5-9)22-16-12(7-20-23(16)15(13)18)10-4-11(6-21-24)25-8-10/h4,6-9,19,24H,1-3,5,18H2. The summed E-state index contributed by atoms with van der Waals surface area (Å²) < 4.78 is 7.77. The minimum absolute atomic E-state index is 0.305. The molecule has 25 heavy (non-hydrogen) atoms. The summed E-state index contributed by atoms with van der Waals surface area (Å²) in [6.07, 6.45) is 6.70. The molecule has 1 saturated heterocycles. The normalized spacial score (nSPS) is 18.4. The Morgan fingerprint density at radius 2 is 2.40 bits per heavy atom. The first-order chi connectivity index (χ1) is 12.2. The number of fused-ring (bicyclic) bond motifs is 1. The van der Waals surface area contributed by atoms with E-state index in [4.69, 9.17) is 20.3 Å². The van der Waals surface area contributed by atoms with Crippen LogP contribution in [-0.2, 0) is 0 Å². The van der Waals surface area contributed by atoms with Crippen LogP contribution in [0.1, 0.15) is 30.2 Å². The molecule has 3 aromatic heterocycles. The lowest BCUT2D eigenvalue weighted by Crippen LogP contribution is -2.29. The molecule has 0 spiro atoms. The first kappa shape index (κ1) is 16.1. The predicted octanol–water partition coefficient (Wildman–Crippen LogP) is 2.61. The van der Waals surface area contributed by atoms with E-state index in [1.807, 2.05) is 0 Å². The first-order valence-corrected chi connectivity index (χ1v) is 8.78. The van der Waals surface area contributed by atoms with Gasteiger partial charge in [-0.15, -0.1) is 0 Å². The van der Waals surface area contributed by atoms with Crippen LogP contribution in [0.15, 0.2) is 32.6 Å². The summed E-state index contributed by atoms with van der Waals surface area (Å²) in [5.74, 6) is 1.27. The summed E-state index contributed by atoms with van der Waals surface area (Å²) in [7, 11) is 0. The lowest BCUT2D eigenvalue weighted by Gasteiger charge is -2.23. The Kier molecular flexibility index (Phi) is 4.18. The predicted molar refractivity (Wildman–Crippen MR) is 97.0 cm³/mol. The molecule has 1 aliphatic rings. The fourth-order valence-electron chi connectivity index (χ4n) is 3.19. The van der Waals surface area contributed by atoms with Gasteiger partial charge < -0.3 is 20.7 Å². The third kappa shape index (κ3) is 2.79. The fourth-order valence-corrected chi connectivity index (χ4v) is 3.77. The number of nitrogen functional groups attached to an aromatic ring is 1. The van der Waals surface area contributed by atoms with Gasteiger partial charge in [0.25, 0.3) is 0 Å². The highest BCUT2D eigenvalue weighted by Gasteiger charge is 2.24. The number of oxime groups is 1. The van der Waals surface area contributed by atoms with Gasteiger partial charge in [-0.05, 0) is 41.4 Å². The van der Waals surface area contributed by atoms with E-state index in [1.54, 1.807) is 23.0 Å². The number of nitrogens with zero attached hydrogens (tertiary/aromatic N) is 4. The van der Waals surface area contributed by atoms with E-state index in [-0.39, 0.29) is 0 Å². The van der Waals surface area contributed by atoms with Crippen molar-refractivity contribution in [3.8, 4) is 11.1 Å². The summed E-state index contributed by atoms with van der Waals surface area (Å²) in [6.45, 7) is 1.92. The van der Waals surface area contributed by atoms with Crippen LogP contribution in [0.2, 0.25) is 0 Å². The van der Waals surface area contributed by atoms with E-state index >= 15 is 0 Å². The zero-order chi connectivity index (χ0) is 17.4. The molecule has 0 aromatic carbocycles. The molecule has 0 saturated carbocycles. The van der Waals surface area contributed by atoms with Gasteiger partial charge in [-0.3, -0.25) is 0 Å². The van der Waals surface area contributed by atoms with Crippen LogP contribution < -0.4 is 11.1 Å². The maximum Gasteiger partial charge on any atom is 0.165 e. The summed E-state index contributed by atoms with van der Waals surface area (Å²) in [6, 6.07) is 1.76. The van der Waals surface area contributed by atoms with E-state index in [0.717, 1.165) is 47.2 Å². The number of nitrogens with one attached hydrogen (secondary N) is 1. The maximum atomic E-state index is 8.63. The van der Waals surface area contributed by atoms with Crippen molar-refractivity contribution in [3.63, 3.8) is 0 Å². The third-order valence-corrected chi connectivity index (χ3v) is 5.26. The summed E-state index contributed by atoms with van der Waals surface area (Å²) in [5, 5.41) is 19.4. The van der Waals surface area contributed by atoms with E-state index < -0.39 is 0 Å². The van der Waals surface area contributed by atoms with E-state index in [9.17, 15) is 0 Å². The number of furan rings is 1. The first-order valence-electron chi connectivity index (χ1n) is 7.98. The van der Waals surface area contributed by atoms with Crippen LogP contribution in [0.4, 0.5) is 5.82 Å². The van der Waals surface area contributed by atoms with Crippen molar-refractivity contribution in [2.24, 2.45) is 5.16 Å². The number of rotatable bonds is 3. The molecule has 4 rings (SSSR count). The number of anilines is 1. The van der Waals surface area contributed by atoms with Crippen LogP contribution in [0.5, 0.6) is 0 Å². The molecule has 0 radical (unpaired) electrons. The van der Waals surface area contributed by atoms with Crippen molar-refractivity contribution in [3.05, 3.63) is 34.5 Å². The molecule has 3 aromatic rings. The second-order valence-corrected chi connectivity index (χ2v) is 6.81. The third-order valence-electron chi connectivity index (χ3n) is 4.45. The van der Waals surface area contributed by atoms with Gasteiger partial charge in [0, 0.05) is 23.6 Å². The highest BCUT2D eigenvalue weighted by molar-refractivity contribution is 9.10. The fraction of sp³-hybridized carbons (Fsp3) is 0.312. The topological polar surface area (TPSA) is 114 Å². The lowest BCUT2D eigenvalue weighted by molar-refractivity contribution is 0.320. The monoisotopic (exact) mass is 404 g/mol. The Bertz CT molecular complexity index is 942. The van der Waals surface area contributed by atoms with Crippen LogP contribution >= 0.6 is 15.9 Å². The van der Waals surface area contributed by atoms with Gasteiger partial charge in [0.05, 0.1) is 22.6 Å². The van der Waals surface area contributed by atoms with Crippen LogP contribution in [-0.4, -0.2) is 39.1 Å². The van der Waals surface area contributed by atoms with Crippen molar-refractivity contribution in [2.75, 3.05) is 18.8 Å². The van der Waals surface area contributed by atoms with Crippen molar-refractivity contribution in [2.45, 2.75) is 18.8 Å². The maximum absolute atomic E-state index is 8.63. The average Bonchev–Trinajstić information content (AvgIpc) is 3.26. The van der Waals surface area contributed by atoms with Gasteiger partial charge in [-0.1, -0.05) is 5.16 Å². The Labute approximate surface area is 151 Å². The number of nitrogens with two attached hydrogens (primary N) is 1. The van der Waals surface area contributed by atoms with Gasteiger partial charge >= 0.3 is 0 Å². The molecule has 1 unspecified atom stereocenters. The van der Waals surface area contributed by atoms with Crippen molar-refractivity contribution >= 4 is 33.6 Å². The van der Waals surface area contributed by atoms with Crippen LogP contribution in [0, 0.1) is 0 Å². The SMILES string of the molecule is Nc1c(Br)c(C2CCCNC2)nc2c(-c3coc(C=NO)c3)cnn12. The van der Waals surface area contributed by atoms with Crippen molar-refractivity contribution in [1.29, 1.82) is 0 Å². The second-order valence-electron chi connectivity index (χ2n) is 6.02. The van der Waals surface area contributed by atoms with Crippen molar-refractivity contribution in [1.82, 2.24) is 19.9 Å². The molecular formula is C16H17BrN6O2. The molecule has 8 nitrogen and oxygen atoms in total. The number of piperidine rings is 1. The zero-order valence-electron chi connectivity index (χ0n) is 13.3. The molecule has 0 amide bonds. The lowest BCUT2D eigenvalue weighted by atomic mass is 9.96. The molecule has 1 aliphatic heterocycles. The Hall–Kier alpha value is -2.39. The zero-order valence-corrected chi connectivity index (χ0v) is 14.9. The van der Waals surface area contributed by atoms with Gasteiger partial charge in [-0.2, -0.15) is 9.61 Å². The molecule has 9 heteroatoms. The van der Waals surface area contributed by atoms with E-state index in [1.165, 1.54) is 6.21 Å². The van der Waals surface area contributed by atoms with E-state index in [0.29, 0.717) is 23.1 Å². The number of halogens is 1. The molecular weight excluding hydrogens is 388 g/mol.